The molecule has 1 atom stereocenters. The van der Waals surface area contributed by atoms with Crippen molar-refractivity contribution in [3.05, 3.63) is 29.0 Å². The van der Waals surface area contributed by atoms with Crippen molar-refractivity contribution in [3.63, 3.8) is 0 Å². The van der Waals surface area contributed by atoms with Crippen molar-refractivity contribution >= 4 is 11.6 Å². The number of rotatable bonds is 2. The summed E-state index contributed by atoms with van der Waals surface area (Å²) >= 11 is 5.81. The quantitative estimate of drug-likeness (QED) is 0.832. The summed E-state index contributed by atoms with van der Waals surface area (Å²) in [7, 11) is 0. The number of nitrogens with one attached hydrogen (secondary N) is 1. The van der Waals surface area contributed by atoms with Crippen molar-refractivity contribution in [3.8, 4) is 0 Å². The number of hydrogen-bond donors (Lipinski definition) is 1. The molecule has 18 heavy (non-hydrogen) atoms. The zero-order chi connectivity index (χ0) is 12.4. The van der Waals surface area contributed by atoms with Crippen LogP contribution in [0.15, 0.2) is 18.3 Å². The molecule has 2 saturated heterocycles. The Morgan fingerprint density at radius 2 is 2.33 bits per heavy atom. The Morgan fingerprint density at radius 3 is 3.06 bits per heavy atom. The minimum atomic E-state index is 0.540. The van der Waals surface area contributed by atoms with Crippen molar-refractivity contribution in [1.29, 1.82) is 0 Å². The first-order chi connectivity index (χ1) is 8.76. The van der Waals surface area contributed by atoms with Crippen molar-refractivity contribution < 1.29 is 0 Å². The second-order valence-corrected chi connectivity index (χ2v) is 6.12. The van der Waals surface area contributed by atoms with Gasteiger partial charge in [-0.2, -0.15) is 0 Å². The fraction of sp³-hybridized carbons (Fsp3) is 0.643. The molecule has 0 aromatic carbocycles. The van der Waals surface area contributed by atoms with Gasteiger partial charge in [-0.05, 0) is 49.4 Å². The van der Waals surface area contributed by atoms with Crippen molar-refractivity contribution in [1.82, 2.24) is 15.2 Å². The molecule has 0 unspecified atom stereocenters. The molecule has 4 heteroatoms. The Labute approximate surface area is 114 Å². The van der Waals surface area contributed by atoms with E-state index in [0.29, 0.717) is 10.6 Å². The average molecular weight is 266 g/mol. The average Bonchev–Trinajstić information content (AvgIpc) is 2.76. The summed E-state index contributed by atoms with van der Waals surface area (Å²) in [6.45, 7) is 5.84. The summed E-state index contributed by atoms with van der Waals surface area (Å²) in [4.78, 5) is 6.71. The number of hydrogen-bond acceptors (Lipinski definition) is 3. The minimum Gasteiger partial charge on any atom is -0.316 e. The lowest BCUT2D eigenvalue weighted by Gasteiger charge is -2.34. The summed E-state index contributed by atoms with van der Waals surface area (Å²) in [5, 5.41) is 4.13. The molecule has 0 saturated carbocycles. The molecule has 0 radical (unpaired) electrons. The highest BCUT2D eigenvalue weighted by Gasteiger charge is 2.38. The van der Waals surface area contributed by atoms with Crippen LogP contribution in [0.2, 0.25) is 5.15 Å². The van der Waals surface area contributed by atoms with Crippen molar-refractivity contribution in [2.45, 2.75) is 25.8 Å². The largest absolute Gasteiger partial charge is 0.316 e. The molecule has 2 fully saturated rings. The molecule has 2 aliphatic rings. The van der Waals surface area contributed by atoms with Crippen molar-refractivity contribution in [2.75, 3.05) is 26.2 Å². The maximum atomic E-state index is 5.81. The molecule has 3 rings (SSSR count). The van der Waals surface area contributed by atoms with Crippen LogP contribution < -0.4 is 5.32 Å². The molecule has 0 aliphatic carbocycles. The third-order valence-electron chi connectivity index (χ3n) is 4.27. The van der Waals surface area contributed by atoms with E-state index >= 15 is 0 Å². The molecule has 0 amide bonds. The highest BCUT2D eigenvalue weighted by atomic mass is 35.5. The minimum absolute atomic E-state index is 0.540. The fourth-order valence-corrected chi connectivity index (χ4v) is 3.41. The van der Waals surface area contributed by atoms with Crippen LogP contribution in [0.4, 0.5) is 0 Å². The number of halogens is 1. The third-order valence-corrected chi connectivity index (χ3v) is 4.50. The van der Waals surface area contributed by atoms with Gasteiger partial charge in [-0.15, -0.1) is 0 Å². The van der Waals surface area contributed by atoms with Gasteiger partial charge < -0.3 is 5.32 Å². The second-order valence-electron chi connectivity index (χ2n) is 5.73. The van der Waals surface area contributed by atoms with Crippen LogP contribution in [-0.2, 0) is 6.54 Å². The molecule has 3 heterocycles. The number of aromatic nitrogens is 1. The lowest BCUT2D eigenvalue weighted by Crippen LogP contribution is -2.41. The predicted molar refractivity (Wildman–Crippen MR) is 73.7 cm³/mol. The van der Waals surface area contributed by atoms with Crippen LogP contribution >= 0.6 is 11.6 Å². The Balaban J connectivity index is 1.60. The summed E-state index contributed by atoms with van der Waals surface area (Å²) in [5.41, 5.74) is 1.80. The zero-order valence-corrected chi connectivity index (χ0v) is 11.4. The van der Waals surface area contributed by atoms with E-state index in [-0.39, 0.29) is 0 Å². The van der Waals surface area contributed by atoms with Gasteiger partial charge in [-0.25, -0.2) is 4.98 Å². The molecule has 1 spiro atoms. The van der Waals surface area contributed by atoms with Crippen LogP contribution in [0.3, 0.4) is 0 Å². The molecule has 2 aliphatic heterocycles. The molecular formula is C14H20ClN3. The van der Waals surface area contributed by atoms with Gasteiger partial charge in [0, 0.05) is 25.8 Å². The van der Waals surface area contributed by atoms with E-state index in [1.165, 1.54) is 51.0 Å². The highest BCUT2D eigenvalue weighted by molar-refractivity contribution is 6.29. The SMILES string of the molecule is Clc1ccc(CN2CC[C@]3(CCCNC3)C2)cn1. The molecule has 0 bridgehead atoms. The Kier molecular flexibility index (Phi) is 3.55. The van der Waals surface area contributed by atoms with E-state index in [0.717, 1.165) is 6.54 Å². The number of pyridine rings is 1. The van der Waals surface area contributed by atoms with Gasteiger partial charge in [-0.3, -0.25) is 4.90 Å². The van der Waals surface area contributed by atoms with E-state index < -0.39 is 0 Å². The summed E-state index contributed by atoms with van der Waals surface area (Å²) < 4.78 is 0. The maximum Gasteiger partial charge on any atom is 0.129 e. The molecular weight excluding hydrogens is 246 g/mol. The van der Waals surface area contributed by atoms with E-state index in [4.69, 9.17) is 11.6 Å². The zero-order valence-electron chi connectivity index (χ0n) is 10.7. The van der Waals surface area contributed by atoms with Crippen molar-refractivity contribution in [2.24, 2.45) is 5.41 Å². The predicted octanol–water partition coefficient (Wildman–Crippen LogP) is 2.31. The van der Waals surface area contributed by atoms with E-state index in [1.807, 2.05) is 12.3 Å². The Bertz CT molecular complexity index is 398. The molecule has 3 nitrogen and oxygen atoms in total. The van der Waals surface area contributed by atoms with Gasteiger partial charge in [0.1, 0.15) is 5.15 Å². The first kappa shape index (κ1) is 12.4. The summed E-state index contributed by atoms with van der Waals surface area (Å²) in [5.74, 6) is 0. The standard InChI is InChI=1S/C14H20ClN3/c15-13-3-2-12(8-17-13)9-18-7-5-14(11-18)4-1-6-16-10-14/h2-3,8,16H,1,4-7,9-11H2/t14-/m0/s1. The van der Waals surface area contributed by atoms with Crippen LogP contribution in [-0.4, -0.2) is 36.1 Å². The monoisotopic (exact) mass is 265 g/mol. The Morgan fingerprint density at radius 1 is 1.39 bits per heavy atom. The maximum absolute atomic E-state index is 5.81. The fourth-order valence-electron chi connectivity index (χ4n) is 3.30. The number of piperidine rings is 1. The highest BCUT2D eigenvalue weighted by Crippen LogP contribution is 2.36. The van der Waals surface area contributed by atoms with Crippen LogP contribution in [0.1, 0.15) is 24.8 Å². The lowest BCUT2D eigenvalue weighted by atomic mass is 9.80. The molecule has 1 aromatic heterocycles. The first-order valence-electron chi connectivity index (χ1n) is 6.79. The van der Waals surface area contributed by atoms with Crippen LogP contribution in [0.5, 0.6) is 0 Å². The normalized spacial score (nSPS) is 28.9. The number of likely N-dealkylation sites (tertiary alicyclic amines) is 1. The Hall–Kier alpha value is -0.640. The topological polar surface area (TPSA) is 28.2 Å². The van der Waals surface area contributed by atoms with E-state index in [2.05, 4.69) is 21.3 Å². The first-order valence-corrected chi connectivity index (χ1v) is 7.17. The van der Waals surface area contributed by atoms with E-state index in [1.54, 1.807) is 0 Å². The summed E-state index contributed by atoms with van der Waals surface area (Å²) in [6, 6.07) is 3.96. The third kappa shape index (κ3) is 2.68. The second kappa shape index (κ2) is 5.16. The lowest BCUT2D eigenvalue weighted by molar-refractivity contribution is 0.199. The molecule has 1 aromatic rings. The van der Waals surface area contributed by atoms with Gasteiger partial charge in [0.2, 0.25) is 0 Å². The van der Waals surface area contributed by atoms with E-state index in [9.17, 15) is 0 Å². The van der Waals surface area contributed by atoms with Crippen LogP contribution in [0.25, 0.3) is 0 Å². The van der Waals surface area contributed by atoms with Gasteiger partial charge >= 0.3 is 0 Å². The van der Waals surface area contributed by atoms with Gasteiger partial charge in [0.05, 0.1) is 0 Å². The van der Waals surface area contributed by atoms with Gasteiger partial charge in [-0.1, -0.05) is 17.7 Å². The summed E-state index contributed by atoms with van der Waals surface area (Å²) in [6.07, 6.45) is 5.94. The number of nitrogens with zero attached hydrogens (tertiary/aromatic N) is 2. The van der Waals surface area contributed by atoms with Crippen LogP contribution in [0, 0.1) is 5.41 Å². The molecule has 1 N–H and O–H groups in total. The van der Waals surface area contributed by atoms with Gasteiger partial charge in [0.25, 0.3) is 0 Å². The van der Waals surface area contributed by atoms with Gasteiger partial charge in [0.15, 0.2) is 0 Å². The molecule has 98 valence electrons. The smallest absolute Gasteiger partial charge is 0.129 e.